The Kier molecular flexibility index (Phi) is 5.40. The first-order valence-electron chi connectivity index (χ1n) is 6.38. The van der Waals surface area contributed by atoms with Gasteiger partial charge in [0.15, 0.2) is 0 Å². The van der Waals surface area contributed by atoms with Crippen LogP contribution in [0.5, 0.6) is 0 Å². The summed E-state index contributed by atoms with van der Waals surface area (Å²) in [6.07, 6.45) is 0. The molecule has 7 heteroatoms. The lowest BCUT2D eigenvalue weighted by Crippen LogP contribution is -2.04. The monoisotopic (exact) mass is 293 g/mol. The number of nitrogens with zero attached hydrogens (tertiary/aromatic N) is 2. The van der Waals surface area contributed by atoms with Gasteiger partial charge in [0.25, 0.3) is 0 Å². The summed E-state index contributed by atoms with van der Waals surface area (Å²) in [6.45, 7) is 9.79. The third kappa shape index (κ3) is 4.27. The first-order valence-corrected chi connectivity index (χ1v) is 6.38. The average molecular weight is 293 g/mol. The van der Waals surface area contributed by atoms with Crippen LogP contribution in [0.3, 0.4) is 0 Å². The second-order valence-corrected chi connectivity index (χ2v) is 4.64. The molecular weight excluding hydrogens is 274 g/mol. The molecule has 0 saturated carbocycles. The number of aromatic nitrogens is 1. The van der Waals surface area contributed by atoms with E-state index in [1.165, 1.54) is 13.8 Å². The van der Waals surface area contributed by atoms with Crippen LogP contribution in [0, 0.1) is 13.8 Å². The molecule has 114 valence electrons. The second kappa shape index (κ2) is 6.83. The Hall–Kier alpha value is -2.44. The van der Waals surface area contributed by atoms with Gasteiger partial charge in [0.05, 0.1) is 11.4 Å². The minimum Gasteiger partial charge on any atom is -0.357 e. The predicted octanol–water partition coefficient (Wildman–Crippen LogP) is 2.21. The molecule has 1 aromatic rings. The van der Waals surface area contributed by atoms with Crippen molar-refractivity contribution in [1.82, 2.24) is 4.98 Å². The number of hydrogen-bond acceptors (Lipinski definition) is 6. The fraction of sp³-hybridized carbons (Fsp3) is 0.429. The molecule has 0 atom stereocenters. The van der Waals surface area contributed by atoms with E-state index in [4.69, 9.17) is 0 Å². The first-order chi connectivity index (χ1) is 9.73. The molecule has 0 unspecified atom stereocenters. The minimum absolute atomic E-state index is 0.479. The molecule has 0 radical (unpaired) electrons. The zero-order valence-electron chi connectivity index (χ0n) is 13.0. The number of aryl methyl sites for hydroxylation is 1. The molecule has 1 aromatic heterocycles. The number of carbonyl (C=O) groups is 2. The predicted molar refractivity (Wildman–Crippen MR) is 78.2 cm³/mol. The molecule has 0 fully saturated rings. The molecule has 0 amide bonds. The summed E-state index contributed by atoms with van der Waals surface area (Å²) < 4.78 is 0. The van der Waals surface area contributed by atoms with E-state index in [9.17, 15) is 9.59 Å². The molecule has 0 bridgehead atoms. The molecule has 0 aliphatic carbocycles. The van der Waals surface area contributed by atoms with Gasteiger partial charge in [-0.3, -0.25) is 0 Å². The number of nitrogens with one attached hydrogen (secondary N) is 1. The van der Waals surface area contributed by atoms with Crippen molar-refractivity contribution in [3.05, 3.63) is 22.5 Å². The van der Waals surface area contributed by atoms with E-state index < -0.39 is 11.9 Å². The van der Waals surface area contributed by atoms with Gasteiger partial charge in [-0.1, -0.05) is 10.3 Å². The highest BCUT2D eigenvalue weighted by Gasteiger charge is 2.16. The van der Waals surface area contributed by atoms with E-state index in [-0.39, 0.29) is 0 Å². The van der Waals surface area contributed by atoms with E-state index in [0.29, 0.717) is 11.4 Å². The van der Waals surface area contributed by atoms with Crippen LogP contribution in [0.15, 0.2) is 10.3 Å². The SMILES string of the molecule is CC(=O)ON=C(C)c1[nH]c(C)c(C(C)=NOC(C)=O)c1C. The summed E-state index contributed by atoms with van der Waals surface area (Å²) in [5, 5.41) is 7.54. The van der Waals surface area contributed by atoms with Crippen molar-refractivity contribution in [2.24, 2.45) is 10.3 Å². The van der Waals surface area contributed by atoms with E-state index in [2.05, 4.69) is 25.0 Å². The van der Waals surface area contributed by atoms with Crippen LogP contribution in [0.4, 0.5) is 0 Å². The smallest absolute Gasteiger partial charge is 0.331 e. The Morgan fingerprint density at radius 3 is 1.86 bits per heavy atom. The average Bonchev–Trinajstić information content (AvgIpc) is 2.68. The van der Waals surface area contributed by atoms with Crippen molar-refractivity contribution in [3.63, 3.8) is 0 Å². The molecule has 7 nitrogen and oxygen atoms in total. The van der Waals surface area contributed by atoms with Gasteiger partial charge in [0, 0.05) is 25.1 Å². The number of rotatable bonds is 4. The van der Waals surface area contributed by atoms with Gasteiger partial charge in [0.1, 0.15) is 5.71 Å². The fourth-order valence-electron chi connectivity index (χ4n) is 2.01. The van der Waals surface area contributed by atoms with E-state index in [1.807, 2.05) is 13.8 Å². The van der Waals surface area contributed by atoms with E-state index in [0.717, 1.165) is 22.5 Å². The van der Waals surface area contributed by atoms with Crippen molar-refractivity contribution in [2.75, 3.05) is 0 Å². The molecule has 0 aliphatic rings. The van der Waals surface area contributed by atoms with Crippen molar-refractivity contribution in [1.29, 1.82) is 0 Å². The van der Waals surface area contributed by atoms with Crippen LogP contribution in [0.1, 0.15) is 50.2 Å². The van der Waals surface area contributed by atoms with Crippen molar-refractivity contribution >= 4 is 23.4 Å². The number of aromatic amines is 1. The number of H-pyrrole nitrogens is 1. The number of hydrogen-bond donors (Lipinski definition) is 1. The van der Waals surface area contributed by atoms with Crippen LogP contribution in [0.25, 0.3) is 0 Å². The van der Waals surface area contributed by atoms with Gasteiger partial charge in [-0.15, -0.1) is 0 Å². The topological polar surface area (TPSA) is 93.1 Å². The molecule has 0 aliphatic heterocycles. The Morgan fingerprint density at radius 1 is 0.905 bits per heavy atom. The lowest BCUT2D eigenvalue weighted by atomic mass is 10.1. The van der Waals surface area contributed by atoms with Gasteiger partial charge in [-0.25, -0.2) is 9.59 Å². The zero-order valence-corrected chi connectivity index (χ0v) is 13.0. The Morgan fingerprint density at radius 2 is 1.38 bits per heavy atom. The number of carbonyl (C=O) groups excluding carboxylic acids is 2. The summed E-state index contributed by atoms with van der Waals surface area (Å²) >= 11 is 0. The highest BCUT2D eigenvalue weighted by Crippen LogP contribution is 2.20. The highest BCUT2D eigenvalue weighted by atomic mass is 16.7. The maximum atomic E-state index is 10.8. The summed E-state index contributed by atoms with van der Waals surface area (Å²) in [6, 6.07) is 0. The standard InChI is InChI=1S/C14H19N3O4/c1-7-13(9(3)16-20-11(5)18)8(2)15-14(7)10(4)17-21-12(6)19/h15H,1-6H3. The molecular formula is C14H19N3O4. The van der Waals surface area contributed by atoms with Gasteiger partial charge in [0.2, 0.25) is 0 Å². The lowest BCUT2D eigenvalue weighted by molar-refractivity contribution is -0.141. The van der Waals surface area contributed by atoms with Crippen molar-refractivity contribution in [2.45, 2.75) is 41.5 Å². The Labute approximate surface area is 123 Å². The molecule has 1 rings (SSSR count). The van der Waals surface area contributed by atoms with E-state index in [1.54, 1.807) is 13.8 Å². The Bertz CT molecular complexity index is 626. The van der Waals surface area contributed by atoms with Crippen LogP contribution in [-0.2, 0) is 19.3 Å². The molecule has 1 N–H and O–H groups in total. The van der Waals surface area contributed by atoms with Crippen LogP contribution in [-0.4, -0.2) is 28.3 Å². The van der Waals surface area contributed by atoms with Crippen LogP contribution in [0.2, 0.25) is 0 Å². The molecule has 21 heavy (non-hydrogen) atoms. The lowest BCUT2D eigenvalue weighted by Gasteiger charge is -2.02. The fourth-order valence-corrected chi connectivity index (χ4v) is 2.01. The van der Waals surface area contributed by atoms with Crippen LogP contribution < -0.4 is 0 Å². The normalized spacial score (nSPS) is 12.3. The summed E-state index contributed by atoms with van der Waals surface area (Å²) in [5.74, 6) is -0.962. The summed E-state index contributed by atoms with van der Waals surface area (Å²) in [5.41, 5.74) is 4.42. The van der Waals surface area contributed by atoms with Crippen molar-refractivity contribution in [3.8, 4) is 0 Å². The van der Waals surface area contributed by atoms with Gasteiger partial charge in [-0.2, -0.15) is 0 Å². The number of oxime groups is 2. The second-order valence-electron chi connectivity index (χ2n) is 4.64. The highest BCUT2D eigenvalue weighted by molar-refractivity contribution is 6.06. The molecule has 0 aromatic carbocycles. The summed E-state index contributed by atoms with van der Waals surface area (Å²) in [7, 11) is 0. The van der Waals surface area contributed by atoms with Gasteiger partial charge >= 0.3 is 11.9 Å². The third-order valence-corrected chi connectivity index (χ3v) is 2.78. The first kappa shape index (κ1) is 16.6. The Balaban J connectivity index is 3.16. The maximum absolute atomic E-state index is 10.8. The van der Waals surface area contributed by atoms with Crippen LogP contribution >= 0.6 is 0 Å². The summed E-state index contributed by atoms with van der Waals surface area (Å²) in [4.78, 5) is 34.0. The van der Waals surface area contributed by atoms with E-state index >= 15 is 0 Å². The molecule has 1 heterocycles. The quantitative estimate of drug-likeness (QED) is 0.523. The maximum Gasteiger partial charge on any atom is 0.331 e. The van der Waals surface area contributed by atoms with Crippen molar-refractivity contribution < 1.29 is 19.3 Å². The molecule has 0 spiro atoms. The zero-order chi connectivity index (χ0) is 16.2. The van der Waals surface area contributed by atoms with Gasteiger partial charge in [-0.05, 0) is 33.3 Å². The third-order valence-electron chi connectivity index (χ3n) is 2.78. The molecule has 0 saturated heterocycles. The minimum atomic E-state index is -0.483. The largest absolute Gasteiger partial charge is 0.357 e. The van der Waals surface area contributed by atoms with Gasteiger partial charge < -0.3 is 14.7 Å².